The first-order valence-corrected chi connectivity index (χ1v) is 12.5. The summed E-state index contributed by atoms with van der Waals surface area (Å²) in [5.74, 6) is -0.372. The predicted octanol–water partition coefficient (Wildman–Crippen LogP) is 4.47. The Hall–Kier alpha value is -4.03. The minimum Gasteiger partial charge on any atom is -0.493 e. The zero-order valence-corrected chi connectivity index (χ0v) is 22.0. The summed E-state index contributed by atoms with van der Waals surface area (Å²) in [6.45, 7) is 0.302. The average molecular weight is 583 g/mol. The molecule has 0 saturated carbocycles. The van der Waals surface area contributed by atoms with Gasteiger partial charge in [0.15, 0.2) is 17.0 Å². The number of anilines is 1. The van der Waals surface area contributed by atoms with Crippen molar-refractivity contribution in [3.05, 3.63) is 102 Å². The largest absolute Gasteiger partial charge is 0.493 e. The number of fused-ring (bicyclic) bond motifs is 2. The smallest absolute Gasteiger partial charge is 0.269 e. The molecule has 0 aromatic heterocycles. The number of ether oxygens (including phenoxy) is 2. The van der Waals surface area contributed by atoms with E-state index in [1.807, 2.05) is 0 Å². The molecule has 3 atom stereocenters. The number of amides is 1. The van der Waals surface area contributed by atoms with E-state index in [0.29, 0.717) is 38.3 Å². The number of halogens is 1. The highest BCUT2D eigenvalue weighted by molar-refractivity contribution is 9.10. The zero-order valence-electron chi connectivity index (χ0n) is 20.4. The molecule has 2 heterocycles. The van der Waals surface area contributed by atoms with Crippen LogP contribution in [0, 0.1) is 20.2 Å². The zero-order chi connectivity index (χ0) is 27.2. The van der Waals surface area contributed by atoms with Crippen molar-refractivity contribution in [1.82, 2.24) is 4.90 Å². The molecule has 1 saturated heterocycles. The molecule has 38 heavy (non-hydrogen) atoms. The van der Waals surface area contributed by atoms with E-state index in [0.717, 1.165) is 0 Å². The molecule has 1 spiro atoms. The normalized spacial score (nSPS) is 22.2. The van der Waals surface area contributed by atoms with Gasteiger partial charge in [-0.15, -0.1) is 0 Å². The van der Waals surface area contributed by atoms with Crippen LogP contribution in [0.2, 0.25) is 0 Å². The van der Waals surface area contributed by atoms with E-state index in [4.69, 9.17) is 9.47 Å². The second-order valence-corrected chi connectivity index (χ2v) is 10.1. The quantitative estimate of drug-likeness (QED) is 0.318. The number of likely N-dealkylation sites (N-methyl/N-ethyl adjacent to an activating group) is 1. The van der Waals surface area contributed by atoms with Gasteiger partial charge in [-0.1, -0.05) is 30.3 Å². The molecule has 1 amide bonds. The highest BCUT2D eigenvalue weighted by atomic mass is 79.9. The lowest BCUT2D eigenvalue weighted by molar-refractivity contribution is -0.534. The van der Waals surface area contributed by atoms with Crippen molar-refractivity contribution in [3.8, 4) is 11.5 Å². The first kappa shape index (κ1) is 25.6. The van der Waals surface area contributed by atoms with Crippen molar-refractivity contribution in [2.45, 2.75) is 24.1 Å². The van der Waals surface area contributed by atoms with Crippen LogP contribution in [-0.4, -0.2) is 47.4 Å². The van der Waals surface area contributed by atoms with Gasteiger partial charge in [0.05, 0.1) is 22.4 Å². The number of nitro groups is 2. The standard InChI is InChI=1S/C26H23BrN4O7/c1-29-13-18(24(31(35)36)26(29)19-8-3-4-9-21(19)28-25(26)32)16-11-20(27)23(22(12-16)37-2)38-14-15-6-5-7-17(10-15)30(33)34/h3-12,18,24H,13-14H2,1-2H3,(H,28,32)/t18-,24+,26+/m0/s1. The number of nitro benzene ring substituents is 1. The number of rotatable bonds is 7. The second-order valence-electron chi connectivity index (χ2n) is 9.23. The molecule has 3 aromatic rings. The molecular formula is C26H23BrN4O7. The lowest BCUT2D eigenvalue weighted by atomic mass is 9.79. The summed E-state index contributed by atoms with van der Waals surface area (Å²) in [5, 5.41) is 26.5. The molecule has 0 unspecified atom stereocenters. The molecular weight excluding hydrogens is 560 g/mol. The summed E-state index contributed by atoms with van der Waals surface area (Å²) in [7, 11) is 3.18. The highest BCUT2D eigenvalue weighted by Gasteiger charge is 2.68. The van der Waals surface area contributed by atoms with Gasteiger partial charge in [0.1, 0.15) is 6.61 Å². The van der Waals surface area contributed by atoms with Crippen molar-refractivity contribution in [1.29, 1.82) is 0 Å². The Kier molecular flexibility index (Phi) is 6.53. The number of para-hydroxylation sites is 1. The van der Waals surface area contributed by atoms with Crippen molar-refractivity contribution in [2.24, 2.45) is 0 Å². The summed E-state index contributed by atoms with van der Waals surface area (Å²) in [4.78, 5) is 37.9. The molecule has 2 aliphatic heterocycles. The number of benzene rings is 3. The van der Waals surface area contributed by atoms with Crippen LogP contribution in [0.25, 0.3) is 0 Å². The number of non-ortho nitro benzene ring substituents is 1. The van der Waals surface area contributed by atoms with Crippen LogP contribution >= 0.6 is 15.9 Å². The number of methoxy groups -OCH3 is 1. The number of nitrogens with one attached hydrogen (secondary N) is 1. The summed E-state index contributed by atoms with van der Waals surface area (Å²) in [6.07, 6.45) is 0. The summed E-state index contributed by atoms with van der Waals surface area (Å²) in [5.41, 5.74) is 0.854. The number of hydrogen-bond acceptors (Lipinski definition) is 8. The van der Waals surface area contributed by atoms with Gasteiger partial charge >= 0.3 is 0 Å². The summed E-state index contributed by atoms with van der Waals surface area (Å²) < 4.78 is 12.0. The van der Waals surface area contributed by atoms with Crippen molar-refractivity contribution >= 4 is 33.2 Å². The van der Waals surface area contributed by atoms with E-state index >= 15 is 0 Å². The second kappa shape index (κ2) is 9.69. The van der Waals surface area contributed by atoms with Crippen LogP contribution in [0.3, 0.4) is 0 Å². The Balaban J connectivity index is 1.50. The molecule has 12 heteroatoms. The van der Waals surface area contributed by atoms with Gasteiger partial charge in [0, 0.05) is 34.9 Å². The maximum atomic E-state index is 13.3. The maximum Gasteiger partial charge on any atom is 0.269 e. The first-order valence-electron chi connectivity index (χ1n) is 11.7. The van der Waals surface area contributed by atoms with Crippen LogP contribution in [0.4, 0.5) is 11.4 Å². The third kappa shape index (κ3) is 3.96. The Morgan fingerprint density at radius 1 is 1.13 bits per heavy atom. The molecule has 0 radical (unpaired) electrons. The fourth-order valence-electron chi connectivity index (χ4n) is 5.59. The fraction of sp³-hybridized carbons (Fsp3) is 0.269. The minimum atomic E-state index is -1.46. The van der Waals surface area contributed by atoms with E-state index in [1.165, 1.54) is 19.2 Å². The number of hydrogen-bond donors (Lipinski definition) is 1. The Morgan fingerprint density at radius 3 is 2.61 bits per heavy atom. The topological polar surface area (TPSA) is 137 Å². The van der Waals surface area contributed by atoms with Gasteiger partial charge < -0.3 is 14.8 Å². The molecule has 0 bridgehead atoms. The van der Waals surface area contributed by atoms with Gasteiger partial charge in [0.25, 0.3) is 17.6 Å². The highest BCUT2D eigenvalue weighted by Crippen LogP contribution is 2.53. The van der Waals surface area contributed by atoms with Gasteiger partial charge in [-0.25, -0.2) is 0 Å². The monoisotopic (exact) mass is 582 g/mol. The number of likely N-dealkylation sites (tertiary alicyclic amines) is 1. The van der Waals surface area contributed by atoms with E-state index in [9.17, 15) is 25.0 Å². The van der Waals surface area contributed by atoms with E-state index < -0.39 is 28.3 Å². The van der Waals surface area contributed by atoms with E-state index in [-0.39, 0.29) is 23.8 Å². The molecule has 2 aliphatic rings. The molecule has 1 fully saturated rings. The predicted molar refractivity (Wildman–Crippen MR) is 141 cm³/mol. The maximum absolute atomic E-state index is 13.3. The van der Waals surface area contributed by atoms with Crippen LogP contribution in [-0.2, 0) is 16.9 Å². The van der Waals surface area contributed by atoms with Crippen molar-refractivity contribution in [2.75, 3.05) is 26.0 Å². The Bertz CT molecular complexity index is 1470. The number of nitrogens with zero attached hydrogens (tertiary/aromatic N) is 3. The summed E-state index contributed by atoms with van der Waals surface area (Å²) in [6, 6.07) is 15.3. The average Bonchev–Trinajstić information content (AvgIpc) is 3.37. The fourth-order valence-corrected chi connectivity index (χ4v) is 6.16. The van der Waals surface area contributed by atoms with E-state index in [2.05, 4.69) is 21.2 Å². The molecule has 3 aromatic carbocycles. The third-order valence-electron chi connectivity index (χ3n) is 7.23. The molecule has 196 valence electrons. The molecule has 0 aliphatic carbocycles. The van der Waals surface area contributed by atoms with Crippen molar-refractivity contribution < 1.29 is 24.1 Å². The number of carbonyl (C=O) groups is 1. The third-order valence-corrected chi connectivity index (χ3v) is 7.81. The van der Waals surface area contributed by atoms with Gasteiger partial charge in [-0.3, -0.25) is 29.9 Å². The van der Waals surface area contributed by atoms with Crippen LogP contribution in [0.1, 0.15) is 22.6 Å². The van der Waals surface area contributed by atoms with Crippen molar-refractivity contribution in [3.63, 3.8) is 0 Å². The molecule has 1 N–H and O–H groups in total. The molecule has 5 rings (SSSR count). The number of carbonyl (C=O) groups excluding carboxylic acids is 1. The van der Waals surface area contributed by atoms with Crippen LogP contribution < -0.4 is 14.8 Å². The van der Waals surface area contributed by atoms with Gasteiger partial charge in [-0.2, -0.15) is 0 Å². The van der Waals surface area contributed by atoms with Crippen LogP contribution in [0.15, 0.2) is 65.1 Å². The lowest BCUT2D eigenvalue weighted by Crippen LogP contribution is -2.54. The molecule has 11 nitrogen and oxygen atoms in total. The Morgan fingerprint density at radius 2 is 1.89 bits per heavy atom. The van der Waals surface area contributed by atoms with Gasteiger partial charge in [-0.05, 0) is 52.3 Å². The SMILES string of the molecule is COc1cc([C@@H]2CN(C)[C@@]3(C(=O)Nc4ccccc43)[C@@H]2[N+](=O)[O-])cc(Br)c1OCc1cccc([N+](=O)[O-])c1. The van der Waals surface area contributed by atoms with Gasteiger partial charge in [0.2, 0.25) is 0 Å². The minimum absolute atomic E-state index is 0.0414. The summed E-state index contributed by atoms with van der Waals surface area (Å²) >= 11 is 3.51. The lowest BCUT2D eigenvalue weighted by Gasteiger charge is -2.30. The van der Waals surface area contributed by atoms with E-state index in [1.54, 1.807) is 60.5 Å². The first-order chi connectivity index (χ1) is 18.2. The Labute approximate surface area is 225 Å². The van der Waals surface area contributed by atoms with Crippen LogP contribution in [0.5, 0.6) is 11.5 Å².